The van der Waals surface area contributed by atoms with Crippen molar-refractivity contribution in [3.8, 4) is 11.4 Å². The van der Waals surface area contributed by atoms with E-state index < -0.39 is 0 Å². The number of rotatable bonds is 6. The molecule has 130 valence electrons. The molecule has 3 rings (SSSR count). The van der Waals surface area contributed by atoms with Crippen LogP contribution in [0.5, 0.6) is 0 Å². The lowest BCUT2D eigenvalue weighted by molar-refractivity contribution is 0.697. The molecule has 0 aliphatic carbocycles. The Bertz CT molecular complexity index is 874. The molecule has 0 aromatic carbocycles. The summed E-state index contributed by atoms with van der Waals surface area (Å²) in [7, 11) is 1.92. The number of aryl methyl sites for hydroxylation is 1. The van der Waals surface area contributed by atoms with Crippen LogP contribution in [0.3, 0.4) is 0 Å². The van der Waals surface area contributed by atoms with E-state index in [9.17, 15) is 0 Å². The summed E-state index contributed by atoms with van der Waals surface area (Å²) in [5.41, 5.74) is 2.75. The van der Waals surface area contributed by atoms with Crippen molar-refractivity contribution in [1.29, 1.82) is 0 Å². The van der Waals surface area contributed by atoms with E-state index in [0.717, 1.165) is 24.2 Å². The lowest BCUT2D eigenvalue weighted by atomic mass is 10.2. The van der Waals surface area contributed by atoms with Crippen LogP contribution in [0, 0.1) is 0 Å². The molecule has 0 aliphatic rings. The number of unbranched alkanes of at least 4 members (excludes halogenated alkanes) is 2. The van der Waals surface area contributed by atoms with Crippen LogP contribution in [0.25, 0.3) is 22.6 Å². The van der Waals surface area contributed by atoms with Crippen LogP contribution < -0.4 is 10.6 Å². The van der Waals surface area contributed by atoms with Crippen LogP contribution in [0.2, 0.25) is 0 Å². The zero-order valence-electron chi connectivity index (χ0n) is 14.4. The van der Waals surface area contributed by atoms with Crippen molar-refractivity contribution < 1.29 is 0 Å². The van der Waals surface area contributed by atoms with Crippen molar-refractivity contribution in [2.75, 3.05) is 11.9 Å². The number of fused-ring (bicyclic) bond motifs is 1. The van der Waals surface area contributed by atoms with Gasteiger partial charge < -0.3 is 15.2 Å². The topological polar surface area (TPSA) is 80.5 Å². The fourth-order valence-electron chi connectivity index (χ4n) is 2.37. The predicted octanol–water partition coefficient (Wildman–Crippen LogP) is 2.90. The van der Waals surface area contributed by atoms with E-state index >= 15 is 0 Å². The summed E-state index contributed by atoms with van der Waals surface area (Å²) >= 11 is 5.30. The summed E-state index contributed by atoms with van der Waals surface area (Å²) < 4.78 is 1.87. The number of aromatic nitrogens is 5. The summed E-state index contributed by atoms with van der Waals surface area (Å²) in [5, 5.41) is 6.85. The van der Waals surface area contributed by atoms with Gasteiger partial charge in [0.25, 0.3) is 0 Å². The van der Waals surface area contributed by atoms with Gasteiger partial charge in [0.2, 0.25) is 0 Å². The monoisotopic (exact) mass is 355 g/mol. The highest BCUT2D eigenvalue weighted by Gasteiger charge is 2.07. The molecule has 0 radical (unpaired) electrons. The van der Waals surface area contributed by atoms with Gasteiger partial charge in [-0.15, -0.1) is 0 Å². The van der Waals surface area contributed by atoms with Gasteiger partial charge in [-0.3, -0.25) is 4.98 Å². The maximum atomic E-state index is 5.30. The van der Waals surface area contributed by atoms with Gasteiger partial charge in [-0.25, -0.2) is 15.0 Å². The Balaban J connectivity index is 1.73. The molecular formula is C17H21N7S. The molecule has 0 saturated heterocycles. The van der Waals surface area contributed by atoms with Crippen LogP contribution in [-0.2, 0) is 7.05 Å². The molecule has 0 unspecified atom stereocenters. The second-order valence-corrected chi connectivity index (χ2v) is 6.22. The quantitative estimate of drug-likeness (QED) is 0.520. The number of nitrogens with zero attached hydrogens (tertiary/aromatic N) is 5. The summed E-state index contributed by atoms with van der Waals surface area (Å²) in [6.07, 6.45) is 8.81. The van der Waals surface area contributed by atoms with Gasteiger partial charge in [-0.2, -0.15) is 0 Å². The average molecular weight is 355 g/mol. The Morgan fingerprint density at radius 3 is 2.80 bits per heavy atom. The van der Waals surface area contributed by atoms with Crippen molar-refractivity contribution in [3.05, 3.63) is 30.9 Å². The second kappa shape index (κ2) is 7.98. The SMILES string of the molecule is CCCCCNC(=S)Nc1ccc2ncc(-c3cn(C)cn3)nc2n1. The lowest BCUT2D eigenvalue weighted by Crippen LogP contribution is -2.29. The van der Waals surface area contributed by atoms with Gasteiger partial charge in [0.1, 0.15) is 22.7 Å². The van der Waals surface area contributed by atoms with Crippen LogP contribution in [0.4, 0.5) is 5.82 Å². The molecule has 0 saturated carbocycles. The first-order valence-corrected chi connectivity index (χ1v) is 8.73. The van der Waals surface area contributed by atoms with E-state index in [0.29, 0.717) is 22.3 Å². The smallest absolute Gasteiger partial charge is 0.180 e. The fraction of sp³-hybridized carbons (Fsp3) is 0.353. The van der Waals surface area contributed by atoms with Gasteiger partial charge in [-0.05, 0) is 30.8 Å². The molecule has 25 heavy (non-hydrogen) atoms. The number of pyridine rings is 1. The van der Waals surface area contributed by atoms with Gasteiger partial charge >= 0.3 is 0 Å². The van der Waals surface area contributed by atoms with E-state index in [1.54, 1.807) is 12.5 Å². The first-order valence-electron chi connectivity index (χ1n) is 8.32. The Kier molecular flexibility index (Phi) is 5.49. The Hall–Kier alpha value is -2.61. The molecule has 7 nitrogen and oxygen atoms in total. The molecule has 2 N–H and O–H groups in total. The molecule has 0 aliphatic heterocycles. The van der Waals surface area contributed by atoms with Crippen LogP contribution in [-0.4, -0.2) is 36.2 Å². The molecule has 8 heteroatoms. The van der Waals surface area contributed by atoms with Crippen LogP contribution >= 0.6 is 12.2 Å². The zero-order chi connectivity index (χ0) is 17.6. The van der Waals surface area contributed by atoms with E-state index in [-0.39, 0.29) is 0 Å². The Labute approximate surface area is 151 Å². The normalized spacial score (nSPS) is 10.8. The van der Waals surface area contributed by atoms with Crippen LogP contribution in [0.1, 0.15) is 26.2 Å². The highest BCUT2D eigenvalue weighted by Crippen LogP contribution is 2.17. The largest absolute Gasteiger partial charge is 0.362 e. The van der Waals surface area contributed by atoms with Gasteiger partial charge in [0, 0.05) is 19.8 Å². The van der Waals surface area contributed by atoms with Crippen molar-refractivity contribution in [3.63, 3.8) is 0 Å². The summed E-state index contributed by atoms with van der Waals surface area (Å²) in [6.45, 7) is 3.03. The van der Waals surface area contributed by atoms with E-state index in [4.69, 9.17) is 12.2 Å². The first-order chi connectivity index (χ1) is 12.2. The predicted molar refractivity (Wildman–Crippen MR) is 103 cm³/mol. The molecule has 3 heterocycles. The average Bonchev–Trinajstić information content (AvgIpc) is 3.04. The maximum absolute atomic E-state index is 5.30. The van der Waals surface area contributed by atoms with Crippen molar-refractivity contribution in [2.45, 2.75) is 26.2 Å². The third-order valence-corrected chi connectivity index (χ3v) is 3.93. The highest BCUT2D eigenvalue weighted by molar-refractivity contribution is 7.80. The second-order valence-electron chi connectivity index (χ2n) is 5.81. The van der Waals surface area contributed by atoms with Crippen LogP contribution in [0.15, 0.2) is 30.9 Å². The number of nitrogens with one attached hydrogen (secondary N) is 2. The molecule has 0 spiro atoms. The fourth-order valence-corrected chi connectivity index (χ4v) is 2.58. The van der Waals surface area contributed by atoms with Gasteiger partial charge in [-0.1, -0.05) is 19.8 Å². The molecule has 0 atom stereocenters. The Morgan fingerprint density at radius 2 is 2.04 bits per heavy atom. The molecule has 0 amide bonds. The summed E-state index contributed by atoms with van der Waals surface area (Å²) in [6, 6.07) is 3.72. The third kappa shape index (κ3) is 4.48. The van der Waals surface area contributed by atoms with Crippen molar-refractivity contribution in [1.82, 2.24) is 29.8 Å². The van der Waals surface area contributed by atoms with E-state index in [1.807, 2.05) is 29.9 Å². The number of hydrogen-bond acceptors (Lipinski definition) is 5. The molecule has 0 bridgehead atoms. The standard InChI is InChI=1S/C17H21N7S/c1-3-4-5-8-18-17(25)23-15-7-6-12-16(22-15)21-13(9-19-12)14-10-24(2)11-20-14/h6-7,9-11H,3-5,8H2,1-2H3,(H2,18,21,22,23,25). The number of anilines is 1. The number of thiocarbonyl (C=S) groups is 1. The van der Waals surface area contributed by atoms with Gasteiger partial charge in [0.15, 0.2) is 10.8 Å². The zero-order valence-corrected chi connectivity index (χ0v) is 15.2. The third-order valence-electron chi connectivity index (χ3n) is 3.68. The highest BCUT2D eigenvalue weighted by atomic mass is 32.1. The number of imidazole rings is 1. The Morgan fingerprint density at radius 1 is 1.16 bits per heavy atom. The molecular weight excluding hydrogens is 334 g/mol. The first kappa shape index (κ1) is 17.2. The minimum absolute atomic E-state index is 0.557. The summed E-state index contributed by atoms with van der Waals surface area (Å²) in [5.74, 6) is 0.646. The minimum Gasteiger partial charge on any atom is -0.362 e. The maximum Gasteiger partial charge on any atom is 0.180 e. The molecule has 0 fully saturated rings. The van der Waals surface area contributed by atoms with Crippen molar-refractivity contribution >= 4 is 34.3 Å². The van der Waals surface area contributed by atoms with E-state index in [2.05, 4.69) is 37.5 Å². The molecule has 3 aromatic heterocycles. The lowest BCUT2D eigenvalue weighted by Gasteiger charge is -2.10. The van der Waals surface area contributed by atoms with Gasteiger partial charge in [0.05, 0.1) is 12.5 Å². The minimum atomic E-state index is 0.557. The van der Waals surface area contributed by atoms with Crippen molar-refractivity contribution in [2.24, 2.45) is 7.05 Å². The van der Waals surface area contributed by atoms with E-state index in [1.165, 1.54) is 12.8 Å². The molecule has 3 aromatic rings. The summed E-state index contributed by atoms with van der Waals surface area (Å²) in [4.78, 5) is 17.8. The number of hydrogen-bond donors (Lipinski definition) is 2.